The van der Waals surface area contributed by atoms with Crippen molar-refractivity contribution < 1.29 is 10.2 Å². The number of fused-ring (bicyclic) bond motifs is 3. The van der Waals surface area contributed by atoms with E-state index in [1.807, 2.05) is 35.0 Å². The predicted octanol–water partition coefficient (Wildman–Crippen LogP) is 3.12. The highest BCUT2D eigenvalue weighted by Gasteiger charge is 2.70. The Morgan fingerprint density at radius 1 is 1.05 bits per heavy atom. The summed E-state index contributed by atoms with van der Waals surface area (Å²) in [6, 6.07) is 13.8. The molecule has 0 radical (unpaired) electrons. The van der Waals surface area contributed by atoms with E-state index >= 15 is 0 Å². The lowest BCUT2D eigenvalue weighted by Crippen LogP contribution is -2.34. The minimum atomic E-state index is -0.866. The molecule has 7 rings (SSSR count). The van der Waals surface area contributed by atoms with Gasteiger partial charge in [0.2, 0.25) is 0 Å². The topological polar surface area (TPSA) is 149 Å². The third kappa shape index (κ3) is 3.31. The maximum Gasteiger partial charge on any atom is 0.145 e. The SMILES string of the molecule is Nc1nc2cc(CC[C@]34C[C@@H]3[C@@H](n3ccc5c(N)ncnc53)[C@H](O)[C@@H]4O)ccc2cc1-c1cccnc1. The Balaban J connectivity index is 1.13. The molecule has 5 aromatic rings. The molecule has 6 N–H and O–H groups in total. The van der Waals surface area contributed by atoms with Gasteiger partial charge in [-0.25, -0.2) is 15.0 Å². The summed E-state index contributed by atoms with van der Waals surface area (Å²) in [5.74, 6) is 1.05. The van der Waals surface area contributed by atoms with E-state index in [1.54, 1.807) is 12.4 Å². The molecule has 2 aliphatic rings. The summed E-state index contributed by atoms with van der Waals surface area (Å²) < 4.78 is 1.96. The Bertz CT molecular complexity index is 1650. The zero-order chi connectivity index (χ0) is 25.3. The van der Waals surface area contributed by atoms with Gasteiger partial charge in [0.05, 0.1) is 23.0 Å². The van der Waals surface area contributed by atoms with Crippen LogP contribution in [0.15, 0.2) is 67.4 Å². The highest BCUT2D eigenvalue weighted by atomic mass is 16.3. The number of rotatable bonds is 5. The van der Waals surface area contributed by atoms with Crippen LogP contribution in [0.25, 0.3) is 33.1 Å². The number of nitrogens with zero attached hydrogens (tertiary/aromatic N) is 5. The van der Waals surface area contributed by atoms with E-state index < -0.39 is 12.2 Å². The van der Waals surface area contributed by atoms with E-state index in [4.69, 9.17) is 11.5 Å². The lowest BCUT2D eigenvalue weighted by molar-refractivity contribution is -0.0191. The van der Waals surface area contributed by atoms with E-state index in [-0.39, 0.29) is 17.4 Å². The van der Waals surface area contributed by atoms with Crippen LogP contribution in [0.5, 0.6) is 0 Å². The molecule has 0 unspecified atom stereocenters. The highest BCUT2D eigenvalue weighted by Crippen LogP contribution is 2.69. The first-order valence-electron chi connectivity index (χ1n) is 12.5. The smallest absolute Gasteiger partial charge is 0.145 e. The minimum absolute atomic E-state index is 0.167. The van der Waals surface area contributed by atoms with Crippen molar-refractivity contribution >= 4 is 33.6 Å². The summed E-state index contributed by atoms with van der Waals surface area (Å²) in [4.78, 5) is 17.3. The van der Waals surface area contributed by atoms with Crippen LogP contribution < -0.4 is 11.5 Å². The largest absolute Gasteiger partial charge is 0.390 e. The minimum Gasteiger partial charge on any atom is -0.390 e. The van der Waals surface area contributed by atoms with Crippen molar-refractivity contribution in [1.82, 2.24) is 24.5 Å². The molecule has 0 saturated heterocycles. The Morgan fingerprint density at radius 3 is 2.78 bits per heavy atom. The molecule has 1 aromatic carbocycles. The number of aliphatic hydroxyl groups excluding tert-OH is 2. The van der Waals surface area contributed by atoms with Gasteiger partial charge in [0.1, 0.15) is 29.7 Å². The molecule has 37 heavy (non-hydrogen) atoms. The van der Waals surface area contributed by atoms with E-state index in [9.17, 15) is 10.2 Å². The summed E-state index contributed by atoms with van der Waals surface area (Å²) in [5, 5.41) is 23.9. The van der Waals surface area contributed by atoms with Crippen LogP contribution in [0.1, 0.15) is 24.4 Å². The van der Waals surface area contributed by atoms with Crippen molar-refractivity contribution in [2.24, 2.45) is 11.3 Å². The molecule has 9 nitrogen and oxygen atoms in total. The quantitative estimate of drug-likeness (QED) is 0.292. The summed E-state index contributed by atoms with van der Waals surface area (Å²) in [7, 11) is 0. The first-order valence-corrected chi connectivity index (χ1v) is 12.5. The molecule has 0 amide bonds. The lowest BCUT2D eigenvalue weighted by atomic mass is 9.91. The second-order valence-electron chi connectivity index (χ2n) is 10.4. The molecular weight excluding hydrogens is 466 g/mol. The molecule has 4 heterocycles. The van der Waals surface area contributed by atoms with Crippen LogP contribution in [0, 0.1) is 11.3 Å². The molecule has 0 spiro atoms. The molecule has 0 bridgehead atoms. The first-order chi connectivity index (χ1) is 18.0. The molecule has 5 atom stereocenters. The van der Waals surface area contributed by atoms with E-state index in [0.717, 1.165) is 52.2 Å². The average Bonchev–Trinajstić information content (AvgIpc) is 3.40. The van der Waals surface area contributed by atoms with Crippen LogP contribution in [-0.4, -0.2) is 46.9 Å². The van der Waals surface area contributed by atoms with Gasteiger partial charge in [-0.1, -0.05) is 18.2 Å². The number of pyridine rings is 2. The standard InChI is InChI=1S/C28H27N7O2/c29-25-18-6-9-35(27(18)33-14-32-25)22-20-12-28(20,24(37)23(22)36)7-5-15-3-4-16-11-19(17-2-1-8-31-13-17)26(30)34-21(16)10-15/h1-4,6,8-11,13-14,20,22-24,36-37H,5,7,12H2,(H2,30,34)(H2,29,32,33)/t20-,22-,23+,24+,28+/m1/s1. The average molecular weight is 494 g/mol. The fraction of sp³-hybridized carbons (Fsp3) is 0.286. The monoisotopic (exact) mass is 493 g/mol. The number of nitrogens with two attached hydrogens (primary N) is 2. The van der Waals surface area contributed by atoms with Gasteiger partial charge in [-0.15, -0.1) is 0 Å². The summed E-state index contributed by atoms with van der Waals surface area (Å²) in [5.41, 5.74) is 16.5. The zero-order valence-electron chi connectivity index (χ0n) is 20.1. The number of aryl methyl sites for hydroxylation is 1. The molecule has 0 aliphatic heterocycles. The highest BCUT2D eigenvalue weighted by molar-refractivity contribution is 5.89. The number of aliphatic hydroxyl groups is 2. The number of benzene rings is 1. The lowest BCUT2D eigenvalue weighted by Gasteiger charge is -2.24. The second-order valence-corrected chi connectivity index (χ2v) is 10.4. The van der Waals surface area contributed by atoms with Gasteiger partial charge in [0.25, 0.3) is 0 Å². The number of nitrogen functional groups attached to an aromatic ring is 2. The summed E-state index contributed by atoms with van der Waals surface area (Å²) in [6.07, 6.45) is 7.60. The van der Waals surface area contributed by atoms with Gasteiger partial charge in [-0.3, -0.25) is 4.98 Å². The fourth-order valence-electron chi connectivity index (χ4n) is 6.45. The van der Waals surface area contributed by atoms with Crippen molar-refractivity contribution in [3.05, 3.63) is 72.9 Å². The van der Waals surface area contributed by atoms with E-state index in [0.29, 0.717) is 17.3 Å². The number of hydrogen-bond acceptors (Lipinski definition) is 8. The predicted molar refractivity (Wildman–Crippen MR) is 141 cm³/mol. The normalized spacial score (nSPS) is 26.5. The second kappa shape index (κ2) is 7.96. The Morgan fingerprint density at radius 2 is 1.95 bits per heavy atom. The summed E-state index contributed by atoms with van der Waals surface area (Å²) >= 11 is 0. The number of hydrogen-bond donors (Lipinski definition) is 4. The molecule has 2 saturated carbocycles. The van der Waals surface area contributed by atoms with Gasteiger partial charge in [0.15, 0.2) is 0 Å². The molecule has 186 valence electrons. The van der Waals surface area contributed by atoms with Gasteiger partial charge >= 0.3 is 0 Å². The fourth-order valence-corrected chi connectivity index (χ4v) is 6.45. The van der Waals surface area contributed by atoms with Crippen molar-refractivity contribution in [1.29, 1.82) is 0 Å². The van der Waals surface area contributed by atoms with Crippen LogP contribution in [0.4, 0.5) is 11.6 Å². The molecule has 2 fully saturated rings. The zero-order valence-corrected chi connectivity index (χ0v) is 20.1. The maximum atomic E-state index is 11.1. The van der Waals surface area contributed by atoms with Crippen molar-refractivity contribution in [2.45, 2.75) is 37.5 Å². The molecule has 9 heteroatoms. The van der Waals surface area contributed by atoms with Gasteiger partial charge in [-0.2, -0.15) is 0 Å². The van der Waals surface area contributed by atoms with Crippen LogP contribution in [0.3, 0.4) is 0 Å². The summed E-state index contributed by atoms with van der Waals surface area (Å²) in [6.45, 7) is 0. The van der Waals surface area contributed by atoms with E-state index in [1.165, 1.54) is 6.33 Å². The van der Waals surface area contributed by atoms with Crippen LogP contribution in [0.2, 0.25) is 0 Å². The van der Waals surface area contributed by atoms with Gasteiger partial charge in [0, 0.05) is 40.5 Å². The number of anilines is 2. The van der Waals surface area contributed by atoms with Crippen LogP contribution >= 0.6 is 0 Å². The van der Waals surface area contributed by atoms with Crippen LogP contribution in [-0.2, 0) is 6.42 Å². The van der Waals surface area contributed by atoms with Crippen molar-refractivity contribution in [3.63, 3.8) is 0 Å². The Hall–Kier alpha value is -4.08. The molecular formula is C28H27N7O2. The molecule has 4 aromatic heterocycles. The number of aromatic nitrogens is 5. The first kappa shape index (κ1) is 22.1. The van der Waals surface area contributed by atoms with Gasteiger partial charge < -0.3 is 26.2 Å². The van der Waals surface area contributed by atoms with Crippen molar-refractivity contribution in [3.8, 4) is 11.1 Å². The molecule has 2 aliphatic carbocycles. The van der Waals surface area contributed by atoms with E-state index in [2.05, 4.69) is 38.1 Å². The van der Waals surface area contributed by atoms with Gasteiger partial charge in [-0.05, 0) is 55.0 Å². The van der Waals surface area contributed by atoms with Crippen molar-refractivity contribution in [2.75, 3.05) is 11.5 Å². The third-order valence-corrected chi connectivity index (χ3v) is 8.48. The Labute approximate surface area is 212 Å². The maximum absolute atomic E-state index is 11.1. The third-order valence-electron chi connectivity index (χ3n) is 8.48. The Kier molecular flexibility index (Phi) is 4.76.